The highest BCUT2D eigenvalue weighted by Gasteiger charge is 2.11. The van der Waals surface area contributed by atoms with Crippen LogP contribution in [0.15, 0.2) is 18.2 Å². The summed E-state index contributed by atoms with van der Waals surface area (Å²) in [5.74, 6) is -0.188. The van der Waals surface area contributed by atoms with E-state index in [1.165, 1.54) is 0 Å². The lowest BCUT2D eigenvalue weighted by Gasteiger charge is -2.27. The van der Waals surface area contributed by atoms with Crippen molar-refractivity contribution in [3.63, 3.8) is 0 Å². The molecule has 0 spiro atoms. The lowest BCUT2D eigenvalue weighted by atomic mass is 10.1. The minimum absolute atomic E-state index is 0. The number of hydrogen-bond acceptors (Lipinski definition) is 5. The van der Waals surface area contributed by atoms with Gasteiger partial charge in [-0.05, 0) is 37.6 Å². The van der Waals surface area contributed by atoms with E-state index in [2.05, 4.69) is 20.3 Å². The number of rotatable bonds is 7. The summed E-state index contributed by atoms with van der Waals surface area (Å²) >= 11 is 0. The maximum absolute atomic E-state index is 12.2. The van der Waals surface area contributed by atoms with Gasteiger partial charge < -0.3 is 15.5 Å². The number of amides is 1. The Labute approximate surface area is 156 Å². The van der Waals surface area contributed by atoms with Gasteiger partial charge in [-0.15, -0.1) is 12.4 Å². The number of piperazine rings is 1. The number of carbonyl (C=O) groups excluding carboxylic acids is 1. The van der Waals surface area contributed by atoms with Gasteiger partial charge in [-0.1, -0.05) is 6.07 Å². The summed E-state index contributed by atoms with van der Waals surface area (Å²) < 4.78 is 25.2. The van der Waals surface area contributed by atoms with Crippen LogP contribution in [0.5, 0.6) is 0 Å². The third-order valence-corrected chi connectivity index (χ3v) is 4.53. The van der Waals surface area contributed by atoms with Crippen molar-refractivity contribution in [3.05, 3.63) is 29.3 Å². The second-order valence-electron chi connectivity index (χ2n) is 6.11. The summed E-state index contributed by atoms with van der Waals surface area (Å²) in [4.78, 5) is 14.6. The maximum atomic E-state index is 12.2. The summed E-state index contributed by atoms with van der Waals surface area (Å²) in [7, 11) is -3.37. The average molecular weight is 391 g/mol. The molecule has 9 heteroatoms. The zero-order valence-corrected chi connectivity index (χ0v) is 16.3. The molecule has 25 heavy (non-hydrogen) atoms. The number of hydrogen-bond donors (Lipinski definition) is 3. The minimum atomic E-state index is -3.37. The van der Waals surface area contributed by atoms with E-state index in [0.29, 0.717) is 17.8 Å². The molecule has 0 aromatic heterocycles. The highest BCUT2D eigenvalue weighted by atomic mass is 35.5. The first-order valence-electron chi connectivity index (χ1n) is 8.15. The van der Waals surface area contributed by atoms with Crippen LogP contribution in [0, 0.1) is 6.92 Å². The molecule has 1 aromatic carbocycles. The van der Waals surface area contributed by atoms with E-state index < -0.39 is 10.0 Å². The molecule has 2 rings (SSSR count). The largest absolute Gasteiger partial charge is 0.352 e. The van der Waals surface area contributed by atoms with E-state index in [1.54, 1.807) is 25.1 Å². The summed E-state index contributed by atoms with van der Waals surface area (Å²) in [6.45, 7) is 7.50. The second kappa shape index (κ2) is 9.96. The Morgan fingerprint density at radius 3 is 2.60 bits per heavy atom. The lowest BCUT2D eigenvalue weighted by Crippen LogP contribution is -2.44. The fraction of sp³-hybridized carbons (Fsp3) is 0.562. The standard InChI is InChI=1S/C16H26N4O3S.ClH/c1-13-4-5-14(12-15(13)19-24(2,22)23)16(21)18-6-3-9-20-10-7-17-8-11-20;/h4-5,12,17,19H,3,6-11H2,1-2H3,(H,18,21);1H. The molecule has 7 nitrogen and oxygen atoms in total. The van der Waals surface area contributed by atoms with Crippen molar-refractivity contribution in [1.82, 2.24) is 15.5 Å². The summed E-state index contributed by atoms with van der Waals surface area (Å²) in [5, 5.41) is 6.20. The van der Waals surface area contributed by atoms with Crippen LogP contribution in [0.4, 0.5) is 5.69 Å². The number of anilines is 1. The second-order valence-corrected chi connectivity index (χ2v) is 7.85. The smallest absolute Gasteiger partial charge is 0.251 e. The number of benzene rings is 1. The fourth-order valence-corrected chi connectivity index (χ4v) is 3.23. The van der Waals surface area contributed by atoms with Crippen molar-refractivity contribution in [2.75, 3.05) is 50.2 Å². The molecule has 0 unspecified atom stereocenters. The molecule has 1 amide bonds. The van der Waals surface area contributed by atoms with Crippen molar-refractivity contribution in [3.8, 4) is 0 Å². The monoisotopic (exact) mass is 390 g/mol. The van der Waals surface area contributed by atoms with Gasteiger partial charge in [0, 0.05) is 38.3 Å². The van der Waals surface area contributed by atoms with Crippen LogP contribution in [0.1, 0.15) is 22.3 Å². The molecule has 3 N–H and O–H groups in total. The fourth-order valence-electron chi connectivity index (χ4n) is 2.61. The Hall–Kier alpha value is -1.35. The Bertz CT molecular complexity index is 676. The predicted octanol–water partition coefficient (Wildman–Crippen LogP) is 0.813. The van der Waals surface area contributed by atoms with Crippen LogP contribution in [0.25, 0.3) is 0 Å². The number of nitrogens with zero attached hydrogens (tertiary/aromatic N) is 1. The van der Waals surface area contributed by atoms with E-state index in [1.807, 2.05) is 0 Å². The molecule has 0 aliphatic carbocycles. The zero-order chi connectivity index (χ0) is 17.6. The van der Waals surface area contributed by atoms with E-state index in [4.69, 9.17) is 0 Å². The van der Waals surface area contributed by atoms with Gasteiger partial charge in [0.25, 0.3) is 5.91 Å². The number of nitrogens with one attached hydrogen (secondary N) is 3. The minimum Gasteiger partial charge on any atom is -0.352 e. The first-order valence-corrected chi connectivity index (χ1v) is 10.0. The molecule has 1 aliphatic heterocycles. The quantitative estimate of drug-likeness (QED) is 0.599. The number of halogens is 1. The van der Waals surface area contributed by atoms with Gasteiger partial charge in [0.15, 0.2) is 0 Å². The third kappa shape index (κ3) is 7.60. The summed E-state index contributed by atoms with van der Waals surface area (Å²) in [5.41, 5.74) is 1.66. The average Bonchev–Trinajstić information content (AvgIpc) is 2.53. The highest BCUT2D eigenvalue weighted by molar-refractivity contribution is 7.92. The lowest BCUT2D eigenvalue weighted by molar-refractivity contribution is 0.0951. The van der Waals surface area contributed by atoms with Crippen molar-refractivity contribution < 1.29 is 13.2 Å². The first-order chi connectivity index (χ1) is 11.3. The molecule has 1 aromatic rings. The Morgan fingerprint density at radius 1 is 1.28 bits per heavy atom. The molecule has 1 fully saturated rings. The molecular weight excluding hydrogens is 364 g/mol. The molecule has 1 aliphatic rings. The Kier molecular flexibility index (Phi) is 8.64. The first kappa shape index (κ1) is 21.7. The topological polar surface area (TPSA) is 90.5 Å². The Morgan fingerprint density at radius 2 is 1.96 bits per heavy atom. The van der Waals surface area contributed by atoms with Crippen molar-refractivity contribution >= 4 is 34.0 Å². The molecule has 0 atom stereocenters. The molecule has 0 saturated carbocycles. The number of aryl methyl sites for hydroxylation is 1. The molecule has 1 heterocycles. The van der Waals surface area contributed by atoms with Crippen LogP contribution < -0.4 is 15.4 Å². The van der Waals surface area contributed by atoms with Gasteiger partial charge in [0.2, 0.25) is 10.0 Å². The van der Waals surface area contributed by atoms with Gasteiger partial charge in [0.1, 0.15) is 0 Å². The van der Waals surface area contributed by atoms with Crippen molar-refractivity contribution in [2.45, 2.75) is 13.3 Å². The summed E-state index contributed by atoms with van der Waals surface area (Å²) in [6, 6.07) is 5.01. The van der Waals surface area contributed by atoms with Gasteiger partial charge in [-0.2, -0.15) is 0 Å². The van der Waals surface area contributed by atoms with E-state index >= 15 is 0 Å². The zero-order valence-electron chi connectivity index (χ0n) is 14.7. The highest BCUT2D eigenvalue weighted by Crippen LogP contribution is 2.18. The van der Waals surface area contributed by atoms with Crippen molar-refractivity contribution in [1.29, 1.82) is 0 Å². The SMILES string of the molecule is Cc1ccc(C(=O)NCCCN2CCNCC2)cc1NS(C)(=O)=O.Cl. The molecule has 142 valence electrons. The van der Waals surface area contributed by atoms with Crippen LogP contribution in [-0.4, -0.2) is 64.7 Å². The number of sulfonamides is 1. The molecule has 0 radical (unpaired) electrons. The van der Waals surface area contributed by atoms with Crippen LogP contribution in [-0.2, 0) is 10.0 Å². The van der Waals surface area contributed by atoms with E-state index in [0.717, 1.165) is 51.0 Å². The molecule has 1 saturated heterocycles. The van der Waals surface area contributed by atoms with Crippen molar-refractivity contribution in [2.24, 2.45) is 0 Å². The van der Waals surface area contributed by atoms with Gasteiger partial charge in [0.05, 0.1) is 11.9 Å². The van der Waals surface area contributed by atoms with Crippen LogP contribution in [0.3, 0.4) is 0 Å². The van der Waals surface area contributed by atoms with E-state index in [9.17, 15) is 13.2 Å². The van der Waals surface area contributed by atoms with Crippen LogP contribution >= 0.6 is 12.4 Å². The normalized spacial score (nSPS) is 15.3. The van der Waals surface area contributed by atoms with E-state index in [-0.39, 0.29) is 18.3 Å². The van der Waals surface area contributed by atoms with Crippen LogP contribution in [0.2, 0.25) is 0 Å². The molecule has 0 bridgehead atoms. The van der Waals surface area contributed by atoms with Gasteiger partial charge >= 0.3 is 0 Å². The number of carbonyl (C=O) groups is 1. The van der Waals surface area contributed by atoms with Gasteiger partial charge in [-0.25, -0.2) is 8.42 Å². The Balaban J connectivity index is 0.00000312. The molecular formula is C16H27ClN4O3S. The predicted molar refractivity (Wildman–Crippen MR) is 103 cm³/mol. The third-order valence-electron chi connectivity index (χ3n) is 3.94. The summed E-state index contributed by atoms with van der Waals surface area (Å²) in [6.07, 6.45) is 1.99. The van der Waals surface area contributed by atoms with Gasteiger partial charge in [-0.3, -0.25) is 9.52 Å². The maximum Gasteiger partial charge on any atom is 0.251 e.